The lowest BCUT2D eigenvalue weighted by molar-refractivity contribution is 0.309. The Morgan fingerprint density at radius 3 is 2.62 bits per heavy atom. The van der Waals surface area contributed by atoms with E-state index in [9.17, 15) is 0 Å². The molecule has 0 radical (unpaired) electrons. The SMILES string of the molecule is Clc1ccccc1COc1cccc2ccc(N3CCCC3)nc12. The highest BCUT2D eigenvalue weighted by Crippen LogP contribution is 2.29. The van der Waals surface area contributed by atoms with Gasteiger partial charge >= 0.3 is 0 Å². The molecule has 0 N–H and O–H groups in total. The number of fused-ring (bicyclic) bond motifs is 1. The molecule has 0 unspecified atom stereocenters. The largest absolute Gasteiger partial charge is 0.487 e. The van der Waals surface area contributed by atoms with E-state index in [1.54, 1.807) is 0 Å². The van der Waals surface area contributed by atoms with E-state index in [4.69, 9.17) is 21.3 Å². The highest BCUT2D eigenvalue weighted by Gasteiger charge is 2.15. The highest BCUT2D eigenvalue weighted by molar-refractivity contribution is 6.31. The number of halogens is 1. The molecule has 122 valence electrons. The number of benzene rings is 2. The van der Waals surface area contributed by atoms with Gasteiger partial charge in [0.25, 0.3) is 0 Å². The summed E-state index contributed by atoms with van der Waals surface area (Å²) in [6, 6.07) is 18.0. The molecule has 0 spiro atoms. The third-order valence-corrected chi connectivity index (χ3v) is 4.81. The number of nitrogens with zero attached hydrogens (tertiary/aromatic N) is 2. The van der Waals surface area contributed by atoms with E-state index < -0.39 is 0 Å². The monoisotopic (exact) mass is 338 g/mol. The molecule has 1 aliphatic heterocycles. The van der Waals surface area contributed by atoms with E-state index in [0.29, 0.717) is 6.61 Å². The van der Waals surface area contributed by atoms with Crippen molar-refractivity contribution in [3.8, 4) is 5.75 Å². The number of hydrogen-bond acceptors (Lipinski definition) is 3. The van der Waals surface area contributed by atoms with Crippen molar-refractivity contribution in [1.29, 1.82) is 0 Å². The van der Waals surface area contributed by atoms with Crippen LogP contribution in [0, 0.1) is 0 Å². The van der Waals surface area contributed by atoms with Crippen LogP contribution in [0.5, 0.6) is 5.75 Å². The van der Waals surface area contributed by atoms with Crippen LogP contribution in [-0.4, -0.2) is 18.1 Å². The number of hydrogen-bond donors (Lipinski definition) is 0. The minimum Gasteiger partial charge on any atom is -0.487 e. The fourth-order valence-electron chi connectivity index (χ4n) is 3.12. The Labute approximate surface area is 146 Å². The van der Waals surface area contributed by atoms with Gasteiger partial charge in [-0.1, -0.05) is 41.9 Å². The molecule has 4 rings (SSSR count). The smallest absolute Gasteiger partial charge is 0.146 e. The molecule has 3 aromatic rings. The predicted octanol–water partition coefficient (Wildman–Crippen LogP) is 5.07. The molecule has 1 aliphatic rings. The summed E-state index contributed by atoms with van der Waals surface area (Å²) < 4.78 is 6.04. The van der Waals surface area contributed by atoms with Gasteiger partial charge in [0.2, 0.25) is 0 Å². The lowest BCUT2D eigenvalue weighted by atomic mass is 10.2. The molecule has 1 aromatic heterocycles. The van der Waals surface area contributed by atoms with Gasteiger partial charge in [0.05, 0.1) is 0 Å². The number of aromatic nitrogens is 1. The molecule has 0 aliphatic carbocycles. The van der Waals surface area contributed by atoms with Crippen molar-refractivity contribution in [1.82, 2.24) is 4.98 Å². The fraction of sp³-hybridized carbons (Fsp3) is 0.250. The van der Waals surface area contributed by atoms with Gasteiger partial charge in [-0.05, 0) is 37.1 Å². The van der Waals surface area contributed by atoms with E-state index in [2.05, 4.69) is 23.1 Å². The van der Waals surface area contributed by atoms with Crippen LogP contribution < -0.4 is 9.64 Å². The summed E-state index contributed by atoms with van der Waals surface area (Å²) in [4.78, 5) is 7.20. The van der Waals surface area contributed by atoms with E-state index in [0.717, 1.165) is 46.1 Å². The third-order valence-electron chi connectivity index (χ3n) is 4.44. The van der Waals surface area contributed by atoms with E-state index in [-0.39, 0.29) is 0 Å². The van der Waals surface area contributed by atoms with E-state index in [1.165, 1.54) is 12.8 Å². The first-order chi connectivity index (χ1) is 11.8. The molecule has 0 atom stereocenters. The van der Waals surface area contributed by atoms with E-state index >= 15 is 0 Å². The number of rotatable bonds is 4. The van der Waals surface area contributed by atoms with Crippen molar-refractivity contribution < 1.29 is 4.74 Å². The van der Waals surface area contributed by atoms with Crippen LogP contribution in [-0.2, 0) is 6.61 Å². The molecule has 2 aromatic carbocycles. The standard InChI is InChI=1S/C20H19ClN2O/c21-17-8-2-1-6-16(17)14-24-18-9-5-7-15-10-11-19(22-20(15)18)23-12-3-4-13-23/h1-2,5-11H,3-4,12-14H2. The maximum atomic E-state index is 6.22. The van der Waals surface area contributed by atoms with Crippen molar-refractivity contribution in [2.75, 3.05) is 18.0 Å². The Morgan fingerprint density at radius 1 is 0.958 bits per heavy atom. The summed E-state index contributed by atoms with van der Waals surface area (Å²) in [5, 5.41) is 1.82. The Balaban J connectivity index is 1.64. The van der Waals surface area contributed by atoms with Gasteiger partial charge in [-0.25, -0.2) is 4.98 Å². The zero-order chi connectivity index (χ0) is 16.4. The zero-order valence-electron chi connectivity index (χ0n) is 13.4. The second-order valence-corrected chi connectivity index (χ2v) is 6.48. The Hall–Kier alpha value is -2.26. The molecular formula is C20H19ClN2O. The third kappa shape index (κ3) is 3.04. The predicted molar refractivity (Wildman–Crippen MR) is 99.0 cm³/mol. The maximum absolute atomic E-state index is 6.22. The van der Waals surface area contributed by atoms with Gasteiger partial charge < -0.3 is 9.64 Å². The number of para-hydroxylation sites is 1. The summed E-state index contributed by atoms with van der Waals surface area (Å²) in [6.45, 7) is 2.61. The molecule has 0 bridgehead atoms. The van der Waals surface area contributed by atoms with Gasteiger partial charge in [0, 0.05) is 29.1 Å². The summed E-state index contributed by atoms with van der Waals surface area (Å²) in [5.74, 6) is 1.84. The molecule has 1 fully saturated rings. The van der Waals surface area contributed by atoms with Crippen LogP contribution in [0.2, 0.25) is 5.02 Å². The van der Waals surface area contributed by atoms with Gasteiger partial charge in [-0.15, -0.1) is 0 Å². The first-order valence-electron chi connectivity index (χ1n) is 8.32. The molecule has 2 heterocycles. The maximum Gasteiger partial charge on any atom is 0.146 e. The Morgan fingerprint density at radius 2 is 1.79 bits per heavy atom. The minimum absolute atomic E-state index is 0.439. The molecule has 0 saturated carbocycles. The number of anilines is 1. The van der Waals surface area contributed by atoms with Crippen molar-refractivity contribution in [2.24, 2.45) is 0 Å². The summed E-state index contributed by atoms with van der Waals surface area (Å²) in [5.41, 5.74) is 1.89. The number of pyridine rings is 1. The summed E-state index contributed by atoms with van der Waals surface area (Å²) in [7, 11) is 0. The zero-order valence-corrected chi connectivity index (χ0v) is 14.2. The minimum atomic E-state index is 0.439. The molecule has 3 nitrogen and oxygen atoms in total. The first kappa shape index (κ1) is 15.3. The molecule has 0 amide bonds. The van der Waals surface area contributed by atoms with Crippen molar-refractivity contribution in [2.45, 2.75) is 19.4 Å². The van der Waals surface area contributed by atoms with Crippen molar-refractivity contribution in [3.05, 3.63) is 65.2 Å². The van der Waals surface area contributed by atoms with Crippen LogP contribution in [0.4, 0.5) is 5.82 Å². The van der Waals surface area contributed by atoms with Crippen LogP contribution in [0.25, 0.3) is 10.9 Å². The van der Waals surface area contributed by atoms with Crippen molar-refractivity contribution >= 4 is 28.3 Å². The number of ether oxygens (including phenoxy) is 1. The van der Waals surface area contributed by atoms with E-state index in [1.807, 2.05) is 36.4 Å². The summed E-state index contributed by atoms with van der Waals surface area (Å²) in [6.07, 6.45) is 2.48. The second kappa shape index (κ2) is 6.70. The lowest BCUT2D eigenvalue weighted by Crippen LogP contribution is -2.18. The quantitative estimate of drug-likeness (QED) is 0.664. The Kier molecular flexibility index (Phi) is 4.26. The molecule has 4 heteroatoms. The highest BCUT2D eigenvalue weighted by atomic mass is 35.5. The Bertz CT molecular complexity index is 859. The van der Waals surface area contributed by atoms with Crippen LogP contribution in [0.15, 0.2) is 54.6 Å². The average Bonchev–Trinajstić information content (AvgIpc) is 3.15. The molecule has 24 heavy (non-hydrogen) atoms. The van der Waals surface area contributed by atoms with Crippen LogP contribution in [0.1, 0.15) is 18.4 Å². The average molecular weight is 339 g/mol. The van der Waals surface area contributed by atoms with Gasteiger partial charge in [-0.2, -0.15) is 0 Å². The first-order valence-corrected chi connectivity index (χ1v) is 8.70. The fourth-order valence-corrected chi connectivity index (χ4v) is 3.31. The van der Waals surface area contributed by atoms with Crippen LogP contribution in [0.3, 0.4) is 0 Å². The van der Waals surface area contributed by atoms with Gasteiger partial charge in [-0.3, -0.25) is 0 Å². The van der Waals surface area contributed by atoms with Gasteiger partial charge in [0.1, 0.15) is 23.7 Å². The van der Waals surface area contributed by atoms with Crippen molar-refractivity contribution in [3.63, 3.8) is 0 Å². The lowest BCUT2D eigenvalue weighted by Gasteiger charge is -2.17. The molecular weight excluding hydrogens is 320 g/mol. The second-order valence-electron chi connectivity index (χ2n) is 6.07. The van der Waals surface area contributed by atoms with Crippen LogP contribution >= 0.6 is 11.6 Å². The molecule has 1 saturated heterocycles. The summed E-state index contributed by atoms with van der Waals surface area (Å²) >= 11 is 6.22. The van der Waals surface area contributed by atoms with Gasteiger partial charge in [0.15, 0.2) is 0 Å². The normalized spacial score (nSPS) is 14.3. The topological polar surface area (TPSA) is 25.4 Å².